The molecule has 6 nitrogen and oxygen atoms in total. The second kappa shape index (κ2) is 11.5. The molecule has 0 aliphatic rings. The predicted octanol–water partition coefficient (Wildman–Crippen LogP) is 4.80. The van der Waals surface area contributed by atoms with Crippen LogP contribution >= 0.6 is 11.8 Å². The summed E-state index contributed by atoms with van der Waals surface area (Å²) in [5.74, 6) is 0.0884. The van der Waals surface area contributed by atoms with Gasteiger partial charge in [0.05, 0.1) is 28.8 Å². The molecule has 0 bridgehead atoms. The molecule has 0 saturated carbocycles. The first-order chi connectivity index (χ1) is 15.8. The van der Waals surface area contributed by atoms with E-state index in [0.717, 1.165) is 5.56 Å². The van der Waals surface area contributed by atoms with Crippen LogP contribution in [0.5, 0.6) is 0 Å². The van der Waals surface area contributed by atoms with E-state index < -0.39 is 0 Å². The van der Waals surface area contributed by atoms with Gasteiger partial charge in [0, 0.05) is 13.2 Å². The molecule has 0 aliphatic heterocycles. The summed E-state index contributed by atoms with van der Waals surface area (Å²) in [6.45, 7) is 11.2. The number of para-hydroxylation sites is 1. The van der Waals surface area contributed by atoms with Crippen LogP contribution in [0.3, 0.4) is 0 Å². The molecule has 7 heteroatoms. The molecular formula is C26H33N3O3S. The molecule has 0 spiro atoms. The van der Waals surface area contributed by atoms with Crippen molar-refractivity contribution in [3.05, 3.63) is 69.5 Å². The van der Waals surface area contributed by atoms with E-state index in [2.05, 4.69) is 36.3 Å². The lowest BCUT2D eigenvalue weighted by Crippen LogP contribution is -2.29. The predicted molar refractivity (Wildman–Crippen MR) is 135 cm³/mol. The Hall–Kier alpha value is -2.64. The van der Waals surface area contributed by atoms with Gasteiger partial charge in [-0.25, -0.2) is 4.98 Å². The minimum atomic E-state index is -0.0997. The summed E-state index contributed by atoms with van der Waals surface area (Å²) < 4.78 is 7.29. The standard InChI is InChI=1S/C26H33N3O3S/c1-17(2)32-14-8-13-29-25(31)22-9-6-7-10-23(22)28-26(29)33-16-24(30)27-20(5)21-12-11-18(3)19(4)15-21/h6-7,9-12,15,17,20H,8,13-14,16H2,1-5H3,(H,27,30). The number of rotatable bonds is 10. The number of nitrogens with one attached hydrogen (secondary N) is 1. The number of thioether (sulfide) groups is 1. The summed E-state index contributed by atoms with van der Waals surface area (Å²) >= 11 is 1.29. The number of ether oxygens (including phenoxy) is 1. The largest absolute Gasteiger partial charge is 0.379 e. The third-order valence-electron chi connectivity index (χ3n) is 5.54. The van der Waals surface area contributed by atoms with Crippen molar-refractivity contribution >= 4 is 28.6 Å². The van der Waals surface area contributed by atoms with Crippen LogP contribution in [0, 0.1) is 13.8 Å². The van der Waals surface area contributed by atoms with Gasteiger partial charge in [0.15, 0.2) is 5.16 Å². The van der Waals surface area contributed by atoms with Gasteiger partial charge >= 0.3 is 0 Å². The fourth-order valence-electron chi connectivity index (χ4n) is 3.53. The summed E-state index contributed by atoms with van der Waals surface area (Å²) in [5, 5.41) is 4.19. The molecule has 1 heterocycles. The van der Waals surface area contributed by atoms with E-state index in [1.807, 2.05) is 45.0 Å². The summed E-state index contributed by atoms with van der Waals surface area (Å²) in [5.41, 5.74) is 4.06. The van der Waals surface area contributed by atoms with Crippen LogP contribution in [-0.4, -0.2) is 33.9 Å². The fourth-order valence-corrected chi connectivity index (χ4v) is 4.36. The maximum Gasteiger partial charge on any atom is 0.262 e. The zero-order valence-electron chi connectivity index (χ0n) is 20.1. The first-order valence-corrected chi connectivity index (χ1v) is 12.4. The Balaban J connectivity index is 1.72. The molecule has 176 valence electrons. The average molecular weight is 468 g/mol. The van der Waals surface area contributed by atoms with Crippen LogP contribution in [0.15, 0.2) is 52.4 Å². The Morgan fingerprint density at radius 3 is 2.61 bits per heavy atom. The highest BCUT2D eigenvalue weighted by Crippen LogP contribution is 2.20. The van der Waals surface area contributed by atoms with Crippen molar-refractivity contribution in [2.45, 2.75) is 64.9 Å². The van der Waals surface area contributed by atoms with Crippen molar-refractivity contribution in [3.63, 3.8) is 0 Å². The van der Waals surface area contributed by atoms with E-state index in [0.29, 0.717) is 35.6 Å². The Kier molecular flexibility index (Phi) is 8.69. The van der Waals surface area contributed by atoms with Gasteiger partial charge < -0.3 is 10.1 Å². The molecule has 1 unspecified atom stereocenters. The number of amides is 1. The Morgan fingerprint density at radius 1 is 1.12 bits per heavy atom. The van der Waals surface area contributed by atoms with E-state index >= 15 is 0 Å². The fraction of sp³-hybridized carbons (Fsp3) is 0.423. The number of hydrogen-bond donors (Lipinski definition) is 1. The highest BCUT2D eigenvalue weighted by molar-refractivity contribution is 7.99. The van der Waals surface area contributed by atoms with Crippen molar-refractivity contribution in [2.24, 2.45) is 0 Å². The second-order valence-corrected chi connectivity index (χ2v) is 9.51. The van der Waals surface area contributed by atoms with Crippen LogP contribution < -0.4 is 10.9 Å². The van der Waals surface area contributed by atoms with Crippen molar-refractivity contribution in [2.75, 3.05) is 12.4 Å². The molecular weight excluding hydrogens is 434 g/mol. The van der Waals surface area contributed by atoms with Gasteiger partial charge in [0.25, 0.3) is 5.56 Å². The summed E-state index contributed by atoms with van der Waals surface area (Å²) in [4.78, 5) is 30.5. The van der Waals surface area contributed by atoms with E-state index in [1.165, 1.54) is 22.9 Å². The molecule has 0 aliphatic carbocycles. The molecule has 0 radical (unpaired) electrons. The number of benzene rings is 2. The molecule has 3 aromatic rings. The topological polar surface area (TPSA) is 73.2 Å². The van der Waals surface area contributed by atoms with Gasteiger partial charge in [-0.2, -0.15) is 0 Å². The highest BCUT2D eigenvalue weighted by Gasteiger charge is 2.15. The lowest BCUT2D eigenvalue weighted by atomic mass is 10.0. The number of aryl methyl sites for hydroxylation is 2. The molecule has 2 aromatic carbocycles. The number of hydrogen-bond acceptors (Lipinski definition) is 5. The molecule has 1 amide bonds. The third kappa shape index (κ3) is 6.68. The first-order valence-electron chi connectivity index (χ1n) is 11.4. The number of aromatic nitrogens is 2. The molecule has 0 saturated heterocycles. The van der Waals surface area contributed by atoms with Gasteiger partial charge in [-0.3, -0.25) is 14.2 Å². The van der Waals surface area contributed by atoms with Crippen LogP contribution in [0.4, 0.5) is 0 Å². The Labute approximate surface area is 199 Å². The van der Waals surface area contributed by atoms with Gasteiger partial charge in [-0.1, -0.05) is 42.1 Å². The van der Waals surface area contributed by atoms with E-state index in [9.17, 15) is 9.59 Å². The van der Waals surface area contributed by atoms with Crippen LogP contribution in [0.25, 0.3) is 10.9 Å². The summed E-state index contributed by atoms with van der Waals surface area (Å²) in [6.07, 6.45) is 0.843. The smallest absolute Gasteiger partial charge is 0.262 e. The Morgan fingerprint density at radius 2 is 1.88 bits per heavy atom. The van der Waals surface area contributed by atoms with Crippen molar-refractivity contribution < 1.29 is 9.53 Å². The monoisotopic (exact) mass is 467 g/mol. The van der Waals surface area contributed by atoms with Crippen LogP contribution in [0.1, 0.15) is 49.9 Å². The van der Waals surface area contributed by atoms with Gasteiger partial charge in [-0.05, 0) is 69.9 Å². The van der Waals surface area contributed by atoms with Crippen molar-refractivity contribution in [3.8, 4) is 0 Å². The molecule has 3 rings (SSSR count). The van der Waals surface area contributed by atoms with Gasteiger partial charge in [0.1, 0.15) is 0 Å². The van der Waals surface area contributed by atoms with Crippen molar-refractivity contribution in [1.29, 1.82) is 0 Å². The maximum atomic E-state index is 13.1. The average Bonchev–Trinajstić information content (AvgIpc) is 2.78. The van der Waals surface area contributed by atoms with Crippen molar-refractivity contribution in [1.82, 2.24) is 14.9 Å². The zero-order valence-corrected chi connectivity index (χ0v) is 20.9. The van der Waals surface area contributed by atoms with Crippen LogP contribution in [-0.2, 0) is 16.1 Å². The molecule has 0 fully saturated rings. The van der Waals surface area contributed by atoms with E-state index in [1.54, 1.807) is 10.6 Å². The van der Waals surface area contributed by atoms with E-state index in [-0.39, 0.29) is 29.4 Å². The maximum absolute atomic E-state index is 13.1. The number of carbonyl (C=O) groups is 1. The number of fused-ring (bicyclic) bond motifs is 1. The lowest BCUT2D eigenvalue weighted by molar-refractivity contribution is -0.119. The second-order valence-electron chi connectivity index (χ2n) is 8.56. The van der Waals surface area contributed by atoms with E-state index in [4.69, 9.17) is 4.74 Å². The minimum Gasteiger partial charge on any atom is -0.379 e. The zero-order chi connectivity index (χ0) is 24.0. The third-order valence-corrected chi connectivity index (χ3v) is 6.52. The summed E-state index contributed by atoms with van der Waals surface area (Å²) in [6, 6.07) is 13.4. The molecule has 33 heavy (non-hydrogen) atoms. The molecule has 1 aromatic heterocycles. The molecule has 1 N–H and O–H groups in total. The normalized spacial score (nSPS) is 12.3. The van der Waals surface area contributed by atoms with Gasteiger partial charge in [-0.15, -0.1) is 0 Å². The van der Waals surface area contributed by atoms with Gasteiger partial charge in [0.2, 0.25) is 5.91 Å². The number of nitrogens with zero attached hydrogens (tertiary/aromatic N) is 2. The quantitative estimate of drug-likeness (QED) is 0.263. The SMILES string of the molecule is Cc1ccc(C(C)NC(=O)CSc2nc3ccccc3c(=O)n2CCCOC(C)C)cc1C. The first kappa shape index (κ1) is 25.0. The number of carbonyl (C=O) groups excluding carboxylic acids is 1. The summed E-state index contributed by atoms with van der Waals surface area (Å²) in [7, 11) is 0. The molecule has 1 atom stereocenters. The Bertz CT molecular complexity index is 1170. The van der Waals surface area contributed by atoms with Crippen LogP contribution in [0.2, 0.25) is 0 Å². The minimum absolute atomic E-state index is 0.0865. The highest BCUT2D eigenvalue weighted by atomic mass is 32.2. The lowest BCUT2D eigenvalue weighted by Gasteiger charge is -2.17.